The Morgan fingerprint density at radius 1 is 1.19 bits per heavy atom. The van der Waals surface area contributed by atoms with Crippen molar-refractivity contribution < 1.29 is 9.21 Å². The van der Waals surface area contributed by atoms with Crippen LogP contribution in [-0.2, 0) is 4.79 Å². The second-order valence-electron chi connectivity index (χ2n) is 6.23. The summed E-state index contributed by atoms with van der Waals surface area (Å²) in [6.07, 6.45) is 0. The van der Waals surface area contributed by atoms with Gasteiger partial charge in [-0.3, -0.25) is 4.79 Å². The Morgan fingerprint density at radius 3 is 2.73 bits per heavy atom. The van der Waals surface area contributed by atoms with Crippen LogP contribution in [-0.4, -0.2) is 26.1 Å². The number of rotatable bonds is 3. The number of carbonyl (C=O) groups excluding carboxylic acids is 1. The van der Waals surface area contributed by atoms with E-state index in [1.165, 1.54) is 0 Å². The summed E-state index contributed by atoms with van der Waals surface area (Å²) < 4.78 is 7.35. The summed E-state index contributed by atoms with van der Waals surface area (Å²) in [5.41, 5.74) is 2.92. The minimum absolute atomic E-state index is 0.232. The predicted octanol–water partition coefficient (Wildman–Crippen LogP) is 2.81. The first-order valence-corrected chi connectivity index (χ1v) is 8.23. The maximum absolute atomic E-state index is 13.1. The fraction of sp³-hybridized carbons (Fsp3) is 0.222. The molecule has 1 amide bonds. The second-order valence-corrected chi connectivity index (χ2v) is 6.23. The predicted molar refractivity (Wildman–Crippen MR) is 95.5 cm³/mol. The van der Waals surface area contributed by atoms with Crippen molar-refractivity contribution in [3.8, 4) is 0 Å². The molecule has 1 atom stereocenters. The fourth-order valence-corrected chi connectivity index (χ4v) is 3.07. The molecule has 4 rings (SSSR count). The zero-order chi connectivity index (χ0) is 18.3. The zero-order valence-electron chi connectivity index (χ0n) is 14.6. The lowest BCUT2D eigenvalue weighted by atomic mass is 10.00. The number of fused-ring (bicyclic) bond motifs is 1. The van der Waals surface area contributed by atoms with Gasteiger partial charge in [-0.15, -0.1) is 0 Å². The van der Waals surface area contributed by atoms with Gasteiger partial charge in [-0.2, -0.15) is 4.68 Å². The topological polar surface area (TPSA) is 97.9 Å². The van der Waals surface area contributed by atoms with E-state index in [0.29, 0.717) is 23.0 Å². The first kappa shape index (κ1) is 16.1. The van der Waals surface area contributed by atoms with E-state index in [2.05, 4.69) is 26.2 Å². The number of hydrogen-bond acceptors (Lipinski definition) is 6. The van der Waals surface area contributed by atoms with Crippen LogP contribution < -0.4 is 10.6 Å². The summed E-state index contributed by atoms with van der Waals surface area (Å²) in [4.78, 5) is 13.1. The molecule has 0 saturated carbocycles. The number of tetrazole rings is 1. The van der Waals surface area contributed by atoms with Crippen molar-refractivity contribution in [2.24, 2.45) is 0 Å². The van der Waals surface area contributed by atoms with Crippen molar-refractivity contribution in [2.45, 2.75) is 26.8 Å². The monoisotopic (exact) mass is 350 g/mol. The summed E-state index contributed by atoms with van der Waals surface area (Å²) in [5, 5.41) is 17.8. The number of amides is 1. The average Bonchev–Trinajstić information content (AvgIpc) is 3.24. The number of hydrogen-bond donors (Lipinski definition) is 2. The third kappa shape index (κ3) is 2.65. The minimum Gasteiger partial charge on any atom is -0.464 e. The van der Waals surface area contributed by atoms with Gasteiger partial charge in [-0.05, 0) is 55.0 Å². The molecule has 0 fully saturated rings. The highest BCUT2D eigenvalue weighted by molar-refractivity contribution is 6.06. The Hall–Kier alpha value is -3.42. The van der Waals surface area contributed by atoms with Gasteiger partial charge >= 0.3 is 0 Å². The van der Waals surface area contributed by atoms with E-state index in [1.54, 1.807) is 4.68 Å². The summed E-state index contributed by atoms with van der Waals surface area (Å²) in [6, 6.07) is 10.8. The van der Waals surface area contributed by atoms with Crippen molar-refractivity contribution in [1.29, 1.82) is 0 Å². The molecule has 1 aliphatic rings. The molecule has 0 spiro atoms. The van der Waals surface area contributed by atoms with Gasteiger partial charge in [-0.25, -0.2) is 0 Å². The maximum Gasteiger partial charge on any atom is 0.256 e. The molecule has 0 bridgehead atoms. The van der Waals surface area contributed by atoms with Crippen LogP contribution in [0.1, 0.15) is 30.0 Å². The minimum atomic E-state index is -0.543. The van der Waals surface area contributed by atoms with Crippen LogP contribution in [0.5, 0.6) is 0 Å². The first-order chi connectivity index (χ1) is 12.5. The van der Waals surface area contributed by atoms with Crippen LogP contribution in [0.2, 0.25) is 0 Å². The molecular formula is C18H18N6O2. The van der Waals surface area contributed by atoms with Gasteiger partial charge in [0, 0.05) is 11.4 Å². The van der Waals surface area contributed by atoms with Crippen molar-refractivity contribution in [3.63, 3.8) is 0 Å². The number of anilines is 2. The van der Waals surface area contributed by atoms with Crippen LogP contribution in [0.15, 0.2) is 52.1 Å². The largest absolute Gasteiger partial charge is 0.464 e. The summed E-state index contributed by atoms with van der Waals surface area (Å²) in [6.45, 7) is 5.63. The molecule has 0 saturated heterocycles. The van der Waals surface area contributed by atoms with Gasteiger partial charge < -0.3 is 15.1 Å². The molecule has 8 heteroatoms. The lowest BCUT2D eigenvalue weighted by molar-refractivity contribution is -0.113. The van der Waals surface area contributed by atoms with Crippen LogP contribution in [0, 0.1) is 13.8 Å². The zero-order valence-corrected chi connectivity index (χ0v) is 14.6. The van der Waals surface area contributed by atoms with Crippen molar-refractivity contribution in [2.75, 3.05) is 10.6 Å². The van der Waals surface area contributed by atoms with Crippen molar-refractivity contribution in [1.82, 2.24) is 20.2 Å². The van der Waals surface area contributed by atoms with Crippen LogP contribution in [0.4, 0.5) is 11.6 Å². The molecule has 2 N–H and O–H groups in total. The van der Waals surface area contributed by atoms with Crippen LogP contribution >= 0.6 is 0 Å². The molecule has 3 heterocycles. The highest BCUT2D eigenvalue weighted by atomic mass is 16.3. The molecule has 0 aliphatic carbocycles. The molecule has 1 aromatic carbocycles. The molecule has 0 unspecified atom stereocenters. The maximum atomic E-state index is 13.1. The SMILES string of the molecule is CC1=C(C(=O)Nc2ccccc2C)[C@H](c2ccc(C)o2)n2nnnc2N1. The first-order valence-electron chi connectivity index (χ1n) is 8.23. The lowest BCUT2D eigenvalue weighted by Gasteiger charge is -2.26. The van der Waals surface area contributed by atoms with Gasteiger partial charge in [-0.1, -0.05) is 23.3 Å². The summed E-state index contributed by atoms with van der Waals surface area (Å²) >= 11 is 0. The third-order valence-electron chi connectivity index (χ3n) is 4.38. The van der Waals surface area contributed by atoms with E-state index < -0.39 is 6.04 Å². The Kier molecular flexibility index (Phi) is 3.80. The molecule has 26 heavy (non-hydrogen) atoms. The van der Waals surface area contributed by atoms with Gasteiger partial charge in [0.1, 0.15) is 17.6 Å². The van der Waals surface area contributed by atoms with E-state index in [1.807, 2.05) is 57.2 Å². The number of carbonyl (C=O) groups is 1. The Balaban J connectivity index is 1.77. The molecule has 1 aliphatic heterocycles. The molecule has 0 radical (unpaired) electrons. The van der Waals surface area contributed by atoms with Gasteiger partial charge in [0.15, 0.2) is 0 Å². The standard InChI is InChI=1S/C18H18N6O2/c1-10-6-4-5-7-13(10)20-17(25)15-12(3)19-18-21-22-23-24(18)16(15)14-9-8-11(2)26-14/h4-9,16H,1-3H3,(H,20,25)(H,19,21,23)/t16-/m0/s1. The smallest absolute Gasteiger partial charge is 0.256 e. The number of furan rings is 1. The number of nitrogens with zero attached hydrogens (tertiary/aromatic N) is 4. The number of allylic oxidation sites excluding steroid dienone is 1. The quantitative estimate of drug-likeness (QED) is 0.754. The highest BCUT2D eigenvalue weighted by Crippen LogP contribution is 2.35. The Bertz CT molecular complexity index is 1020. The lowest BCUT2D eigenvalue weighted by Crippen LogP contribution is -2.31. The Morgan fingerprint density at radius 2 is 2.00 bits per heavy atom. The van der Waals surface area contributed by atoms with E-state index in [9.17, 15) is 4.79 Å². The Labute approximate surface area is 149 Å². The molecule has 8 nitrogen and oxygen atoms in total. The number of nitrogens with one attached hydrogen (secondary N) is 2. The van der Waals surface area contributed by atoms with E-state index in [4.69, 9.17) is 4.42 Å². The third-order valence-corrected chi connectivity index (χ3v) is 4.38. The number of aromatic nitrogens is 4. The van der Waals surface area contributed by atoms with Gasteiger partial charge in [0.2, 0.25) is 5.95 Å². The number of benzene rings is 1. The van der Waals surface area contributed by atoms with Crippen LogP contribution in [0.3, 0.4) is 0 Å². The number of para-hydroxylation sites is 1. The van der Waals surface area contributed by atoms with Gasteiger partial charge in [0.05, 0.1) is 5.57 Å². The van der Waals surface area contributed by atoms with Gasteiger partial charge in [0.25, 0.3) is 5.91 Å². The van der Waals surface area contributed by atoms with Crippen LogP contribution in [0.25, 0.3) is 0 Å². The average molecular weight is 350 g/mol. The van der Waals surface area contributed by atoms with E-state index >= 15 is 0 Å². The molecular weight excluding hydrogens is 332 g/mol. The molecule has 3 aromatic rings. The van der Waals surface area contributed by atoms with Crippen molar-refractivity contribution >= 4 is 17.5 Å². The number of aryl methyl sites for hydroxylation is 2. The molecule has 132 valence electrons. The molecule has 2 aromatic heterocycles. The second kappa shape index (κ2) is 6.14. The highest BCUT2D eigenvalue weighted by Gasteiger charge is 2.36. The summed E-state index contributed by atoms with van der Waals surface area (Å²) in [7, 11) is 0. The fourth-order valence-electron chi connectivity index (χ4n) is 3.07. The summed E-state index contributed by atoms with van der Waals surface area (Å²) in [5.74, 6) is 1.59. The normalized spacial score (nSPS) is 16.2. The van der Waals surface area contributed by atoms with Crippen molar-refractivity contribution in [3.05, 3.63) is 64.8 Å². The van der Waals surface area contributed by atoms with E-state index in [-0.39, 0.29) is 5.91 Å². The van der Waals surface area contributed by atoms with E-state index in [0.717, 1.165) is 17.0 Å².